The first-order valence-electron chi connectivity index (χ1n) is 4.83. The Bertz CT molecular complexity index is 342. The average Bonchev–Trinajstić information content (AvgIpc) is 2.35. The van der Waals surface area contributed by atoms with Crippen LogP contribution in [0.4, 0.5) is 5.69 Å². The lowest BCUT2D eigenvalue weighted by Gasteiger charge is -2.23. The van der Waals surface area contributed by atoms with Crippen molar-refractivity contribution in [3.05, 3.63) is 18.3 Å². The third-order valence-corrected chi connectivity index (χ3v) is 2.45. The monoisotopic (exact) mass is 241 g/mol. The molecule has 0 saturated heterocycles. The molecule has 1 heterocycles. The van der Waals surface area contributed by atoms with Gasteiger partial charge < -0.3 is 20.1 Å². The number of hydrogen-bond donors (Lipinski definition) is 2. The molecule has 5 nitrogen and oxygen atoms in total. The molecule has 1 rings (SSSR count). The van der Waals surface area contributed by atoms with Crippen LogP contribution in [0, 0.1) is 0 Å². The molecular formula is C10H15N3O2S. The zero-order valence-corrected chi connectivity index (χ0v) is 10.1. The van der Waals surface area contributed by atoms with E-state index in [0.717, 1.165) is 5.69 Å². The fraction of sp³-hybridized carbons (Fsp3) is 0.400. The Balaban J connectivity index is 2.87. The fourth-order valence-corrected chi connectivity index (χ4v) is 1.43. The molecule has 0 bridgehead atoms. The molecule has 0 aliphatic heterocycles. The van der Waals surface area contributed by atoms with E-state index in [1.54, 1.807) is 31.3 Å². The van der Waals surface area contributed by atoms with Gasteiger partial charge in [0.15, 0.2) is 5.11 Å². The van der Waals surface area contributed by atoms with E-state index in [1.165, 1.54) is 0 Å². The second kappa shape index (κ2) is 6.24. The molecule has 6 heteroatoms. The van der Waals surface area contributed by atoms with Crippen LogP contribution in [0.2, 0.25) is 0 Å². The van der Waals surface area contributed by atoms with Crippen LogP contribution < -0.4 is 15.0 Å². The van der Waals surface area contributed by atoms with E-state index >= 15 is 0 Å². The summed E-state index contributed by atoms with van der Waals surface area (Å²) < 4.78 is 4.97. The fourth-order valence-electron chi connectivity index (χ4n) is 1.24. The van der Waals surface area contributed by atoms with Gasteiger partial charge in [0.25, 0.3) is 0 Å². The summed E-state index contributed by atoms with van der Waals surface area (Å²) >= 11 is 5.13. The smallest absolute Gasteiger partial charge is 0.213 e. The van der Waals surface area contributed by atoms with E-state index < -0.39 is 0 Å². The number of thiocarbonyl (C=S) groups is 1. The molecule has 0 radical (unpaired) electrons. The molecule has 0 saturated carbocycles. The summed E-state index contributed by atoms with van der Waals surface area (Å²) in [6.45, 7) is 0.446. The largest absolute Gasteiger partial charge is 0.481 e. The predicted octanol–water partition coefficient (Wildman–Crippen LogP) is 0.393. The molecule has 0 unspecified atom stereocenters. The molecule has 2 N–H and O–H groups in total. The molecule has 0 atom stereocenters. The maximum absolute atomic E-state index is 8.97. The zero-order chi connectivity index (χ0) is 12.0. The van der Waals surface area contributed by atoms with Gasteiger partial charge in [-0.15, -0.1) is 0 Å². The van der Waals surface area contributed by atoms with E-state index in [0.29, 0.717) is 17.5 Å². The van der Waals surface area contributed by atoms with Gasteiger partial charge in [-0.2, -0.15) is 0 Å². The van der Waals surface area contributed by atoms with Crippen molar-refractivity contribution in [3.63, 3.8) is 0 Å². The molecular weight excluding hydrogens is 226 g/mol. The Morgan fingerprint density at radius 3 is 2.81 bits per heavy atom. The van der Waals surface area contributed by atoms with Gasteiger partial charge in [-0.05, 0) is 18.3 Å². The molecule has 1 aromatic heterocycles. The van der Waals surface area contributed by atoms with Crippen molar-refractivity contribution in [3.8, 4) is 5.88 Å². The Labute approximate surface area is 100 Å². The van der Waals surface area contributed by atoms with Crippen molar-refractivity contribution < 1.29 is 9.84 Å². The van der Waals surface area contributed by atoms with Crippen molar-refractivity contribution in [1.82, 2.24) is 10.3 Å². The second-order valence-corrected chi connectivity index (χ2v) is 3.38. The first-order chi connectivity index (χ1) is 7.72. The third kappa shape index (κ3) is 3.04. The number of rotatable bonds is 4. The van der Waals surface area contributed by atoms with Gasteiger partial charge in [0.1, 0.15) is 0 Å². The number of aliphatic hydroxyl groups is 1. The maximum atomic E-state index is 8.97. The Morgan fingerprint density at radius 2 is 2.38 bits per heavy atom. The second-order valence-electron chi connectivity index (χ2n) is 2.99. The molecule has 0 aliphatic rings. The quantitative estimate of drug-likeness (QED) is 0.744. The number of aliphatic hydroxyl groups excluding tert-OH is 1. The first-order valence-corrected chi connectivity index (χ1v) is 5.24. The van der Waals surface area contributed by atoms with Crippen molar-refractivity contribution in [2.45, 2.75) is 0 Å². The van der Waals surface area contributed by atoms with Crippen LogP contribution in [-0.2, 0) is 0 Å². The van der Waals surface area contributed by atoms with Crippen LogP contribution in [-0.4, -0.2) is 42.5 Å². The summed E-state index contributed by atoms with van der Waals surface area (Å²) in [7, 11) is 3.30. The van der Waals surface area contributed by atoms with Gasteiger partial charge in [-0.1, -0.05) is 0 Å². The van der Waals surface area contributed by atoms with Crippen LogP contribution in [0.15, 0.2) is 18.3 Å². The van der Waals surface area contributed by atoms with Crippen molar-refractivity contribution in [1.29, 1.82) is 0 Å². The molecule has 0 aliphatic carbocycles. The minimum Gasteiger partial charge on any atom is -0.481 e. The molecule has 88 valence electrons. The number of aromatic nitrogens is 1. The molecule has 16 heavy (non-hydrogen) atoms. The molecule has 0 amide bonds. The van der Waals surface area contributed by atoms with Gasteiger partial charge in [-0.25, -0.2) is 4.98 Å². The lowest BCUT2D eigenvalue weighted by molar-refractivity contribution is 0.306. The molecule has 0 fully saturated rings. The Morgan fingerprint density at radius 1 is 1.62 bits per heavy atom. The van der Waals surface area contributed by atoms with E-state index in [9.17, 15) is 0 Å². The number of nitrogens with zero attached hydrogens (tertiary/aromatic N) is 2. The van der Waals surface area contributed by atoms with Gasteiger partial charge >= 0.3 is 0 Å². The topological polar surface area (TPSA) is 57.6 Å². The van der Waals surface area contributed by atoms with Crippen LogP contribution in [0.25, 0.3) is 0 Å². The SMILES string of the molecule is CNC(=S)N(CCO)c1ccc(OC)nc1. The normalized spacial score (nSPS) is 9.69. The van der Waals surface area contributed by atoms with Crippen LogP contribution in [0.5, 0.6) is 5.88 Å². The highest BCUT2D eigenvalue weighted by Gasteiger charge is 2.10. The number of anilines is 1. The zero-order valence-electron chi connectivity index (χ0n) is 9.30. The summed E-state index contributed by atoms with van der Waals surface area (Å²) in [6.07, 6.45) is 1.65. The van der Waals surface area contributed by atoms with Crippen LogP contribution >= 0.6 is 12.2 Å². The summed E-state index contributed by atoms with van der Waals surface area (Å²) in [5.74, 6) is 0.545. The van der Waals surface area contributed by atoms with Crippen LogP contribution in [0.1, 0.15) is 0 Å². The highest BCUT2D eigenvalue weighted by atomic mass is 32.1. The molecule has 0 aromatic carbocycles. The molecule has 0 spiro atoms. The summed E-state index contributed by atoms with van der Waals surface area (Å²) in [4.78, 5) is 5.85. The van der Waals surface area contributed by atoms with Crippen molar-refractivity contribution >= 4 is 23.0 Å². The van der Waals surface area contributed by atoms with Crippen LogP contribution in [0.3, 0.4) is 0 Å². The van der Waals surface area contributed by atoms with E-state index in [-0.39, 0.29) is 6.61 Å². The highest BCUT2D eigenvalue weighted by Crippen LogP contribution is 2.15. The number of nitrogens with one attached hydrogen (secondary N) is 1. The van der Waals surface area contributed by atoms with Crippen molar-refractivity contribution in [2.24, 2.45) is 0 Å². The van der Waals surface area contributed by atoms with Gasteiger partial charge in [-0.3, -0.25) is 0 Å². The van der Waals surface area contributed by atoms with Gasteiger partial charge in [0.2, 0.25) is 5.88 Å². The summed E-state index contributed by atoms with van der Waals surface area (Å²) in [5, 5.41) is 12.4. The summed E-state index contributed by atoms with van der Waals surface area (Å²) in [5.41, 5.74) is 0.814. The predicted molar refractivity (Wildman–Crippen MR) is 66.9 cm³/mol. The molecule has 1 aromatic rings. The van der Waals surface area contributed by atoms with Gasteiger partial charge in [0, 0.05) is 19.7 Å². The first kappa shape index (κ1) is 12.7. The average molecular weight is 241 g/mol. The Kier molecular flexibility index (Phi) is 4.94. The van der Waals surface area contributed by atoms with Gasteiger partial charge in [0.05, 0.1) is 25.6 Å². The number of methoxy groups -OCH3 is 1. The number of pyridine rings is 1. The van der Waals surface area contributed by atoms with E-state index in [1.807, 2.05) is 6.07 Å². The lowest BCUT2D eigenvalue weighted by Crippen LogP contribution is -2.39. The Hall–Kier alpha value is -1.40. The highest BCUT2D eigenvalue weighted by molar-refractivity contribution is 7.80. The van der Waals surface area contributed by atoms with Crippen molar-refractivity contribution in [2.75, 3.05) is 32.2 Å². The van der Waals surface area contributed by atoms with E-state index in [2.05, 4.69) is 10.3 Å². The minimum absolute atomic E-state index is 0.0217. The number of ether oxygens (including phenoxy) is 1. The minimum atomic E-state index is 0.0217. The standard InChI is InChI=1S/C10H15N3O2S/c1-11-10(16)13(5-6-14)8-3-4-9(15-2)12-7-8/h3-4,7,14H,5-6H2,1-2H3,(H,11,16). The maximum Gasteiger partial charge on any atom is 0.213 e. The summed E-state index contributed by atoms with van der Waals surface area (Å²) in [6, 6.07) is 3.59. The lowest BCUT2D eigenvalue weighted by atomic mass is 10.3. The third-order valence-electron chi connectivity index (χ3n) is 2.02. The van der Waals surface area contributed by atoms with E-state index in [4.69, 9.17) is 22.1 Å². The number of hydrogen-bond acceptors (Lipinski definition) is 4.